The average molecular weight is 414 g/mol. The zero-order chi connectivity index (χ0) is 20.2. The molecule has 1 aromatic heterocycles. The molecular formula is C22H31N5OS. The lowest BCUT2D eigenvalue weighted by Crippen LogP contribution is -2.32. The molecule has 1 saturated carbocycles. The quantitative estimate of drug-likeness (QED) is 0.659. The number of hydrogen-bond acceptors (Lipinski definition) is 5. The van der Waals surface area contributed by atoms with Gasteiger partial charge in [0.25, 0.3) is 0 Å². The smallest absolute Gasteiger partial charge is 0.230 e. The standard InChI is InChI=1S/C22H31N5OS/c1-3-17-7-9-18(10-8-17)16(2)23-20(28)15-29-22-25-24-21(27(22)19-11-12-19)26-13-5-4-6-14-26/h7-10,16,19H,3-6,11-15H2,1-2H3,(H,23,28). The molecule has 4 rings (SSSR count). The van der Waals surface area contributed by atoms with Gasteiger partial charge in [0.2, 0.25) is 11.9 Å². The minimum Gasteiger partial charge on any atom is -0.349 e. The van der Waals surface area contributed by atoms with Gasteiger partial charge in [-0.2, -0.15) is 0 Å². The van der Waals surface area contributed by atoms with Crippen LogP contribution in [0.3, 0.4) is 0 Å². The molecule has 2 aromatic rings. The molecule has 1 atom stereocenters. The lowest BCUT2D eigenvalue weighted by atomic mass is 10.1. The van der Waals surface area contributed by atoms with Crippen LogP contribution in [0.25, 0.3) is 0 Å². The Hall–Kier alpha value is -2.02. The van der Waals surface area contributed by atoms with Gasteiger partial charge in [-0.1, -0.05) is 43.0 Å². The third-order valence-corrected chi connectivity index (χ3v) is 6.74. The maximum Gasteiger partial charge on any atom is 0.230 e. The first-order valence-electron chi connectivity index (χ1n) is 10.9. The van der Waals surface area contributed by atoms with Gasteiger partial charge in [0.1, 0.15) is 0 Å². The van der Waals surface area contributed by atoms with E-state index < -0.39 is 0 Å². The Morgan fingerprint density at radius 1 is 1.17 bits per heavy atom. The zero-order valence-electron chi connectivity index (χ0n) is 17.4. The predicted molar refractivity (Wildman–Crippen MR) is 117 cm³/mol. The largest absolute Gasteiger partial charge is 0.349 e. The van der Waals surface area contributed by atoms with Crippen molar-refractivity contribution in [3.63, 3.8) is 0 Å². The second-order valence-electron chi connectivity index (χ2n) is 8.10. The highest BCUT2D eigenvalue weighted by molar-refractivity contribution is 7.99. The fraction of sp³-hybridized carbons (Fsp3) is 0.591. The van der Waals surface area contributed by atoms with Crippen molar-refractivity contribution in [2.75, 3.05) is 23.7 Å². The molecule has 1 aliphatic heterocycles. The van der Waals surface area contributed by atoms with E-state index in [0.717, 1.165) is 36.2 Å². The van der Waals surface area contributed by atoms with Crippen LogP contribution in [0.15, 0.2) is 29.4 Å². The number of rotatable bonds is 8. The molecule has 1 saturated heterocycles. The van der Waals surface area contributed by atoms with Crippen LogP contribution in [0, 0.1) is 0 Å². The maximum atomic E-state index is 12.5. The fourth-order valence-corrected chi connectivity index (χ4v) is 4.68. The number of aromatic nitrogens is 3. The molecule has 2 aliphatic rings. The predicted octanol–water partition coefficient (Wildman–Crippen LogP) is 4.14. The number of anilines is 1. The van der Waals surface area contributed by atoms with Gasteiger partial charge in [-0.15, -0.1) is 10.2 Å². The summed E-state index contributed by atoms with van der Waals surface area (Å²) in [7, 11) is 0. The fourth-order valence-electron chi connectivity index (χ4n) is 3.87. The number of nitrogens with zero attached hydrogens (tertiary/aromatic N) is 4. The second kappa shape index (κ2) is 9.20. The summed E-state index contributed by atoms with van der Waals surface area (Å²) in [6, 6.07) is 8.97. The molecule has 6 nitrogen and oxygen atoms in total. The van der Waals surface area contributed by atoms with Crippen LogP contribution in [-0.4, -0.2) is 39.5 Å². The van der Waals surface area contributed by atoms with Gasteiger partial charge < -0.3 is 10.2 Å². The third kappa shape index (κ3) is 4.94. The van der Waals surface area contributed by atoms with Crippen molar-refractivity contribution in [3.8, 4) is 0 Å². The van der Waals surface area contributed by atoms with Crippen LogP contribution in [0.4, 0.5) is 5.95 Å². The van der Waals surface area contributed by atoms with Crippen molar-refractivity contribution < 1.29 is 4.79 Å². The first-order chi connectivity index (χ1) is 14.2. The molecule has 0 spiro atoms. The van der Waals surface area contributed by atoms with Gasteiger partial charge in [-0.3, -0.25) is 9.36 Å². The van der Waals surface area contributed by atoms with Gasteiger partial charge in [-0.25, -0.2) is 0 Å². The summed E-state index contributed by atoms with van der Waals surface area (Å²) in [5.41, 5.74) is 2.45. The molecule has 29 heavy (non-hydrogen) atoms. The summed E-state index contributed by atoms with van der Waals surface area (Å²) < 4.78 is 2.27. The van der Waals surface area contributed by atoms with Crippen molar-refractivity contribution in [1.82, 2.24) is 20.1 Å². The van der Waals surface area contributed by atoms with Gasteiger partial charge in [0.15, 0.2) is 5.16 Å². The molecule has 2 heterocycles. The summed E-state index contributed by atoms with van der Waals surface area (Å²) in [5.74, 6) is 1.40. The second-order valence-corrected chi connectivity index (χ2v) is 9.05. The van der Waals surface area contributed by atoms with Crippen LogP contribution < -0.4 is 10.2 Å². The number of piperidine rings is 1. The van der Waals surface area contributed by atoms with Crippen LogP contribution >= 0.6 is 11.8 Å². The van der Waals surface area contributed by atoms with E-state index in [1.165, 1.54) is 49.4 Å². The van der Waals surface area contributed by atoms with E-state index in [4.69, 9.17) is 0 Å². The highest BCUT2D eigenvalue weighted by Crippen LogP contribution is 2.41. The monoisotopic (exact) mass is 413 g/mol. The van der Waals surface area contributed by atoms with Crippen LogP contribution in [0.5, 0.6) is 0 Å². The van der Waals surface area contributed by atoms with Crippen molar-refractivity contribution in [2.45, 2.75) is 69.6 Å². The Labute approximate surface area is 177 Å². The van der Waals surface area contributed by atoms with Crippen molar-refractivity contribution >= 4 is 23.6 Å². The summed E-state index contributed by atoms with van der Waals surface area (Å²) in [4.78, 5) is 14.9. The van der Waals surface area contributed by atoms with E-state index in [2.05, 4.69) is 56.2 Å². The minimum atomic E-state index is -0.000723. The van der Waals surface area contributed by atoms with E-state index in [1.807, 2.05) is 6.92 Å². The minimum absolute atomic E-state index is 0.000723. The summed E-state index contributed by atoms with van der Waals surface area (Å²) in [5, 5.41) is 12.9. The van der Waals surface area contributed by atoms with E-state index >= 15 is 0 Å². The SMILES string of the molecule is CCc1ccc(C(C)NC(=O)CSc2nnc(N3CCCCC3)n2C2CC2)cc1. The number of amides is 1. The van der Waals surface area contributed by atoms with Crippen molar-refractivity contribution in [3.05, 3.63) is 35.4 Å². The summed E-state index contributed by atoms with van der Waals surface area (Å²) >= 11 is 1.50. The molecule has 1 aromatic carbocycles. The molecule has 0 radical (unpaired) electrons. The first-order valence-corrected chi connectivity index (χ1v) is 11.8. The number of carbonyl (C=O) groups is 1. The lowest BCUT2D eigenvalue weighted by Gasteiger charge is -2.27. The van der Waals surface area contributed by atoms with Crippen molar-refractivity contribution in [1.29, 1.82) is 0 Å². The normalized spacial score (nSPS) is 17.9. The average Bonchev–Trinajstić information content (AvgIpc) is 3.51. The highest BCUT2D eigenvalue weighted by atomic mass is 32.2. The van der Waals surface area contributed by atoms with E-state index in [1.54, 1.807) is 0 Å². The first kappa shape index (κ1) is 20.3. The molecule has 1 unspecified atom stereocenters. The molecule has 1 N–H and O–H groups in total. The van der Waals surface area contributed by atoms with Crippen molar-refractivity contribution in [2.24, 2.45) is 0 Å². The van der Waals surface area contributed by atoms with Gasteiger partial charge in [0.05, 0.1) is 11.8 Å². The van der Waals surface area contributed by atoms with Gasteiger partial charge in [-0.05, 0) is 56.6 Å². The zero-order valence-corrected chi connectivity index (χ0v) is 18.2. The number of nitrogens with one attached hydrogen (secondary N) is 1. The Morgan fingerprint density at radius 2 is 1.90 bits per heavy atom. The molecule has 2 fully saturated rings. The number of hydrogen-bond donors (Lipinski definition) is 1. The van der Waals surface area contributed by atoms with E-state index in [-0.39, 0.29) is 11.9 Å². The Morgan fingerprint density at radius 3 is 2.55 bits per heavy atom. The molecule has 1 aliphatic carbocycles. The van der Waals surface area contributed by atoms with Crippen LogP contribution in [0.1, 0.15) is 69.2 Å². The molecule has 156 valence electrons. The van der Waals surface area contributed by atoms with Crippen LogP contribution in [-0.2, 0) is 11.2 Å². The topological polar surface area (TPSA) is 63.1 Å². The maximum absolute atomic E-state index is 12.5. The Kier molecular flexibility index (Phi) is 6.43. The van der Waals surface area contributed by atoms with E-state index in [0.29, 0.717) is 11.8 Å². The number of aryl methyl sites for hydroxylation is 1. The molecule has 0 bridgehead atoms. The Balaban J connectivity index is 1.35. The van der Waals surface area contributed by atoms with Gasteiger partial charge in [0, 0.05) is 19.1 Å². The van der Waals surface area contributed by atoms with Gasteiger partial charge >= 0.3 is 0 Å². The molecular weight excluding hydrogens is 382 g/mol. The highest BCUT2D eigenvalue weighted by Gasteiger charge is 2.32. The lowest BCUT2D eigenvalue weighted by molar-refractivity contribution is -0.119. The third-order valence-electron chi connectivity index (χ3n) is 5.80. The molecule has 7 heteroatoms. The van der Waals surface area contributed by atoms with E-state index in [9.17, 15) is 4.79 Å². The summed E-state index contributed by atoms with van der Waals surface area (Å²) in [6.07, 6.45) is 7.14. The summed E-state index contributed by atoms with van der Waals surface area (Å²) in [6.45, 7) is 6.30. The number of thioether (sulfide) groups is 1. The number of carbonyl (C=O) groups excluding carboxylic acids is 1. The molecule has 1 amide bonds. The van der Waals surface area contributed by atoms with Crippen LogP contribution in [0.2, 0.25) is 0 Å². The number of benzene rings is 1. The Bertz CT molecular complexity index is 824.